The topological polar surface area (TPSA) is 91.7 Å². The van der Waals surface area contributed by atoms with Gasteiger partial charge in [0.1, 0.15) is 6.33 Å². The van der Waals surface area contributed by atoms with E-state index < -0.39 is 0 Å². The highest BCUT2D eigenvalue weighted by Crippen LogP contribution is 2.12. The molecule has 16 heavy (non-hydrogen) atoms. The number of aryl methyl sites for hydroxylation is 2. The van der Waals surface area contributed by atoms with Gasteiger partial charge in [-0.3, -0.25) is 4.68 Å². The molecule has 0 spiro atoms. The first-order chi connectivity index (χ1) is 7.67. The zero-order chi connectivity index (χ0) is 11.5. The van der Waals surface area contributed by atoms with Crippen LogP contribution >= 0.6 is 0 Å². The van der Waals surface area contributed by atoms with E-state index in [0.29, 0.717) is 6.54 Å². The lowest BCUT2D eigenvalue weighted by Crippen LogP contribution is -2.04. The van der Waals surface area contributed by atoms with Crippen LogP contribution in [0.1, 0.15) is 11.4 Å². The first kappa shape index (κ1) is 10.5. The molecule has 2 rings (SSSR count). The number of rotatable bonds is 3. The van der Waals surface area contributed by atoms with E-state index in [2.05, 4.69) is 20.1 Å². The number of nitrogens with zero attached hydrogens (tertiary/aromatic N) is 5. The van der Waals surface area contributed by atoms with Gasteiger partial charge in [-0.2, -0.15) is 9.97 Å². The highest BCUT2D eigenvalue weighted by atomic mass is 16.5. The van der Waals surface area contributed by atoms with Crippen LogP contribution in [0, 0.1) is 6.92 Å². The number of nitrogens with two attached hydrogens (primary N) is 1. The fraction of sp³-hybridized carbons (Fsp3) is 0.333. The summed E-state index contributed by atoms with van der Waals surface area (Å²) in [6.45, 7) is 2.19. The molecule has 0 aliphatic rings. The Bertz CT molecular complexity index is 494. The Balaban J connectivity index is 2.24. The Morgan fingerprint density at radius 1 is 1.38 bits per heavy atom. The molecule has 84 valence electrons. The zero-order valence-electron chi connectivity index (χ0n) is 9.08. The molecule has 2 N–H and O–H groups in total. The summed E-state index contributed by atoms with van der Waals surface area (Å²) in [4.78, 5) is 12.1. The van der Waals surface area contributed by atoms with Gasteiger partial charge in [-0.1, -0.05) is 0 Å². The molecule has 0 aromatic carbocycles. The Labute approximate surface area is 92.3 Å². The van der Waals surface area contributed by atoms with Crippen LogP contribution in [0.25, 0.3) is 0 Å². The van der Waals surface area contributed by atoms with E-state index in [0.717, 1.165) is 11.4 Å². The molecule has 0 fully saturated rings. The normalized spacial score (nSPS) is 10.4. The lowest BCUT2D eigenvalue weighted by atomic mass is 10.3. The monoisotopic (exact) mass is 220 g/mol. The second-order valence-electron chi connectivity index (χ2n) is 3.29. The fourth-order valence-corrected chi connectivity index (χ4v) is 1.20. The van der Waals surface area contributed by atoms with Gasteiger partial charge in [0.05, 0.1) is 5.69 Å². The summed E-state index contributed by atoms with van der Waals surface area (Å²) in [7, 11) is 1.75. The average Bonchev–Trinajstić information content (AvgIpc) is 2.63. The smallest absolute Gasteiger partial charge is 0.343 e. The zero-order valence-corrected chi connectivity index (χ0v) is 9.08. The molecular weight excluding hydrogens is 208 g/mol. The van der Waals surface area contributed by atoms with Gasteiger partial charge in [-0.15, -0.1) is 5.10 Å². The Morgan fingerprint density at radius 2 is 2.19 bits per heavy atom. The molecule has 7 nitrogen and oxygen atoms in total. The van der Waals surface area contributed by atoms with E-state index in [9.17, 15) is 0 Å². The molecule has 0 saturated heterocycles. The number of hydrogen-bond acceptors (Lipinski definition) is 6. The van der Waals surface area contributed by atoms with Gasteiger partial charge in [-0.05, 0) is 13.0 Å². The standard InChI is InChI=1S/C9H12N6O/c1-6-3-7(4-10)13-9(12-6)16-8-11-5-15(2)14-8/h3,5H,4,10H2,1-2H3. The quantitative estimate of drug-likeness (QED) is 0.792. The summed E-state index contributed by atoms with van der Waals surface area (Å²) in [5.41, 5.74) is 7.02. The summed E-state index contributed by atoms with van der Waals surface area (Å²) in [5.74, 6) is 0. The predicted octanol–water partition coefficient (Wildman–Crippen LogP) is 0.165. The van der Waals surface area contributed by atoms with Gasteiger partial charge in [0, 0.05) is 19.3 Å². The highest BCUT2D eigenvalue weighted by molar-refractivity contribution is 5.14. The Kier molecular flexibility index (Phi) is 2.78. The van der Waals surface area contributed by atoms with Crippen molar-refractivity contribution in [1.29, 1.82) is 0 Å². The van der Waals surface area contributed by atoms with Crippen molar-refractivity contribution in [2.75, 3.05) is 0 Å². The van der Waals surface area contributed by atoms with Crippen molar-refractivity contribution >= 4 is 0 Å². The highest BCUT2D eigenvalue weighted by Gasteiger charge is 2.06. The molecule has 2 aromatic rings. The van der Waals surface area contributed by atoms with Crippen LogP contribution in [0.5, 0.6) is 12.0 Å². The first-order valence-electron chi connectivity index (χ1n) is 4.75. The molecule has 2 aromatic heterocycles. The fourth-order valence-electron chi connectivity index (χ4n) is 1.20. The minimum Gasteiger partial charge on any atom is -0.387 e. The Hall–Kier alpha value is -2.02. The van der Waals surface area contributed by atoms with Crippen LogP contribution in [-0.2, 0) is 13.6 Å². The molecular formula is C9H12N6O. The molecule has 0 saturated carbocycles. The summed E-state index contributed by atoms with van der Waals surface area (Å²) < 4.78 is 6.84. The van der Waals surface area contributed by atoms with Crippen molar-refractivity contribution in [3.63, 3.8) is 0 Å². The third-order valence-corrected chi connectivity index (χ3v) is 1.86. The van der Waals surface area contributed by atoms with Crippen molar-refractivity contribution in [2.24, 2.45) is 12.8 Å². The Morgan fingerprint density at radius 3 is 2.81 bits per heavy atom. The molecule has 0 amide bonds. The molecule has 0 radical (unpaired) electrons. The van der Waals surface area contributed by atoms with Crippen LogP contribution in [0.3, 0.4) is 0 Å². The second kappa shape index (κ2) is 4.23. The lowest BCUT2D eigenvalue weighted by Gasteiger charge is -2.02. The van der Waals surface area contributed by atoms with Crippen LogP contribution in [0.4, 0.5) is 0 Å². The molecule has 0 aliphatic carbocycles. The molecule has 0 bridgehead atoms. The van der Waals surface area contributed by atoms with Gasteiger partial charge in [-0.25, -0.2) is 4.98 Å². The molecule has 0 unspecified atom stereocenters. The lowest BCUT2D eigenvalue weighted by molar-refractivity contribution is 0.402. The number of aromatic nitrogens is 5. The molecule has 2 heterocycles. The van der Waals surface area contributed by atoms with Gasteiger partial charge in [0.15, 0.2) is 0 Å². The number of ether oxygens (including phenoxy) is 1. The minimum absolute atomic E-state index is 0.214. The van der Waals surface area contributed by atoms with Crippen LogP contribution in [-0.4, -0.2) is 24.7 Å². The summed E-state index contributed by atoms with van der Waals surface area (Å²) in [6, 6.07) is 2.24. The molecule has 0 aliphatic heterocycles. The van der Waals surface area contributed by atoms with Gasteiger partial charge in [0.25, 0.3) is 0 Å². The third-order valence-electron chi connectivity index (χ3n) is 1.86. The minimum atomic E-state index is 0.214. The van der Waals surface area contributed by atoms with Gasteiger partial charge >= 0.3 is 12.0 Å². The summed E-state index contributed by atoms with van der Waals surface area (Å²) in [5, 5.41) is 3.96. The van der Waals surface area contributed by atoms with E-state index in [-0.39, 0.29) is 12.0 Å². The van der Waals surface area contributed by atoms with Crippen LogP contribution < -0.4 is 10.5 Å². The summed E-state index contributed by atoms with van der Waals surface area (Å²) in [6.07, 6.45) is 1.54. The maximum atomic E-state index is 5.50. The van der Waals surface area contributed by atoms with Crippen molar-refractivity contribution in [1.82, 2.24) is 24.7 Å². The van der Waals surface area contributed by atoms with Crippen molar-refractivity contribution in [3.05, 3.63) is 23.8 Å². The third kappa shape index (κ3) is 2.31. The van der Waals surface area contributed by atoms with Crippen molar-refractivity contribution in [3.8, 4) is 12.0 Å². The van der Waals surface area contributed by atoms with E-state index in [1.165, 1.54) is 11.0 Å². The van der Waals surface area contributed by atoms with E-state index in [4.69, 9.17) is 10.5 Å². The van der Waals surface area contributed by atoms with Crippen LogP contribution in [0.2, 0.25) is 0 Å². The molecule has 0 atom stereocenters. The van der Waals surface area contributed by atoms with E-state index >= 15 is 0 Å². The van der Waals surface area contributed by atoms with Crippen LogP contribution in [0.15, 0.2) is 12.4 Å². The first-order valence-corrected chi connectivity index (χ1v) is 4.75. The van der Waals surface area contributed by atoms with Crippen molar-refractivity contribution < 1.29 is 4.74 Å². The van der Waals surface area contributed by atoms with E-state index in [1.54, 1.807) is 13.1 Å². The average molecular weight is 220 g/mol. The predicted molar refractivity (Wildman–Crippen MR) is 55.7 cm³/mol. The molecule has 7 heteroatoms. The maximum absolute atomic E-state index is 5.50. The SMILES string of the molecule is Cc1cc(CN)nc(Oc2ncn(C)n2)n1. The second-order valence-corrected chi connectivity index (χ2v) is 3.29. The van der Waals surface area contributed by atoms with Crippen molar-refractivity contribution in [2.45, 2.75) is 13.5 Å². The summed E-state index contributed by atoms with van der Waals surface area (Å²) >= 11 is 0. The van der Waals surface area contributed by atoms with Gasteiger partial charge < -0.3 is 10.5 Å². The number of hydrogen-bond donors (Lipinski definition) is 1. The van der Waals surface area contributed by atoms with Gasteiger partial charge in [0.2, 0.25) is 0 Å². The maximum Gasteiger partial charge on any atom is 0.343 e. The largest absolute Gasteiger partial charge is 0.387 e. The van der Waals surface area contributed by atoms with E-state index in [1.807, 2.05) is 6.92 Å².